The second-order valence-corrected chi connectivity index (χ2v) is 7.43. The lowest BCUT2D eigenvalue weighted by Gasteiger charge is -2.25. The highest BCUT2D eigenvalue weighted by Gasteiger charge is 2.30. The highest BCUT2D eigenvalue weighted by atomic mass is 32.2. The van der Waals surface area contributed by atoms with Crippen LogP contribution < -0.4 is 5.32 Å². The quantitative estimate of drug-likeness (QED) is 0.795. The maximum atomic E-state index is 12.7. The molecule has 0 saturated heterocycles. The summed E-state index contributed by atoms with van der Waals surface area (Å²) in [6.45, 7) is 3.52. The van der Waals surface area contributed by atoms with Crippen LogP contribution in [0, 0.1) is 0 Å². The van der Waals surface area contributed by atoms with Gasteiger partial charge in [-0.3, -0.25) is 5.10 Å². The fraction of sp³-hybridized carbons (Fsp3) is 0.615. The normalized spacial score (nSPS) is 20.9. The van der Waals surface area contributed by atoms with Crippen LogP contribution in [0.2, 0.25) is 0 Å². The molecule has 1 saturated carbocycles. The Morgan fingerprint density at radius 1 is 1.50 bits per heavy atom. The van der Waals surface area contributed by atoms with Gasteiger partial charge >= 0.3 is 0 Å². The second kappa shape index (κ2) is 5.31. The van der Waals surface area contributed by atoms with Gasteiger partial charge in [-0.2, -0.15) is 9.40 Å². The van der Waals surface area contributed by atoms with Crippen LogP contribution in [0.5, 0.6) is 0 Å². The summed E-state index contributed by atoms with van der Waals surface area (Å²) in [6.07, 6.45) is 6.82. The summed E-state index contributed by atoms with van der Waals surface area (Å²) in [5, 5.41) is 10.1. The van der Waals surface area contributed by atoms with Gasteiger partial charge in [0.1, 0.15) is 0 Å². The Morgan fingerprint density at radius 2 is 2.30 bits per heavy atom. The molecule has 7 heteroatoms. The lowest BCUT2D eigenvalue weighted by molar-refractivity contribution is 0.424. The van der Waals surface area contributed by atoms with Gasteiger partial charge < -0.3 is 5.32 Å². The standard InChI is InChI=1S/C13H20N4O2S/c1-10-3-2-6-17(9-10)20(18,19)13-11(8-15-16-13)7-14-12-4-5-12/h3,8,12,14H,2,4-7,9H2,1H3,(H,15,16). The molecule has 0 bridgehead atoms. The van der Waals surface area contributed by atoms with E-state index >= 15 is 0 Å². The summed E-state index contributed by atoms with van der Waals surface area (Å²) in [7, 11) is -3.48. The zero-order chi connectivity index (χ0) is 14.2. The van der Waals surface area contributed by atoms with Gasteiger partial charge in [-0.25, -0.2) is 8.42 Å². The van der Waals surface area contributed by atoms with Gasteiger partial charge in [-0.1, -0.05) is 11.6 Å². The lowest BCUT2D eigenvalue weighted by Crippen LogP contribution is -2.36. The van der Waals surface area contributed by atoms with Crippen LogP contribution in [-0.2, 0) is 16.6 Å². The third-order valence-electron chi connectivity index (χ3n) is 3.73. The third kappa shape index (κ3) is 2.79. The molecule has 1 aliphatic carbocycles. The molecule has 110 valence electrons. The average molecular weight is 296 g/mol. The van der Waals surface area contributed by atoms with Crippen LogP contribution in [0.3, 0.4) is 0 Å². The molecule has 0 atom stereocenters. The van der Waals surface area contributed by atoms with Crippen molar-refractivity contribution in [1.82, 2.24) is 19.8 Å². The fourth-order valence-corrected chi connectivity index (χ4v) is 4.00. The van der Waals surface area contributed by atoms with Crippen LogP contribution in [0.25, 0.3) is 0 Å². The van der Waals surface area contributed by atoms with E-state index in [-0.39, 0.29) is 5.03 Å². The Kier molecular flexibility index (Phi) is 3.66. The van der Waals surface area contributed by atoms with Gasteiger partial charge in [0, 0.05) is 31.2 Å². The molecule has 2 aliphatic rings. The lowest BCUT2D eigenvalue weighted by atomic mass is 10.2. The molecule has 2 heterocycles. The molecule has 6 nitrogen and oxygen atoms in total. The number of aromatic amines is 1. The third-order valence-corrected chi connectivity index (χ3v) is 5.59. The van der Waals surface area contributed by atoms with Crippen molar-refractivity contribution in [2.45, 2.75) is 43.8 Å². The number of hydrogen-bond donors (Lipinski definition) is 2. The topological polar surface area (TPSA) is 78.1 Å². The maximum Gasteiger partial charge on any atom is 0.260 e. The second-order valence-electron chi connectivity index (χ2n) is 5.56. The molecular weight excluding hydrogens is 276 g/mol. The monoisotopic (exact) mass is 296 g/mol. The Hall–Kier alpha value is -1.18. The van der Waals surface area contributed by atoms with E-state index in [1.807, 2.05) is 6.92 Å². The van der Waals surface area contributed by atoms with Crippen molar-refractivity contribution in [1.29, 1.82) is 0 Å². The van der Waals surface area contributed by atoms with Crippen molar-refractivity contribution < 1.29 is 8.42 Å². The molecule has 0 aromatic carbocycles. The van der Waals surface area contributed by atoms with Crippen molar-refractivity contribution in [2.24, 2.45) is 0 Å². The summed E-state index contributed by atoms with van der Waals surface area (Å²) in [4.78, 5) is 0. The van der Waals surface area contributed by atoms with Crippen molar-refractivity contribution in [3.05, 3.63) is 23.4 Å². The van der Waals surface area contributed by atoms with E-state index in [0.29, 0.717) is 25.7 Å². The molecule has 20 heavy (non-hydrogen) atoms. The minimum absolute atomic E-state index is 0.236. The summed E-state index contributed by atoms with van der Waals surface area (Å²) in [6, 6.07) is 0.542. The number of nitrogens with zero attached hydrogens (tertiary/aromatic N) is 2. The first kappa shape index (κ1) is 13.8. The fourth-order valence-electron chi connectivity index (χ4n) is 2.40. The number of hydrogen-bond acceptors (Lipinski definition) is 4. The van der Waals surface area contributed by atoms with Crippen LogP contribution in [0.1, 0.15) is 31.7 Å². The van der Waals surface area contributed by atoms with E-state index in [4.69, 9.17) is 0 Å². The van der Waals surface area contributed by atoms with Crippen LogP contribution in [0.15, 0.2) is 22.9 Å². The molecule has 3 rings (SSSR count). The molecular formula is C13H20N4O2S. The summed E-state index contributed by atoms with van der Waals surface area (Å²) in [5.41, 5.74) is 1.82. The van der Waals surface area contributed by atoms with Crippen molar-refractivity contribution in [3.63, 3.8) is 0 Å². The average Bonchev–Trinajstić information content (AvgIpc) is 3.12. The number of aromatic nitrogens is 2. The van der Waals surface area contributed by atoms with E-state index in [1.54, 1.807) is 6.20 Å². The molecule has 1 aromatic rings. The number of sulfonamides is 1. The highest BCUT2D eigenvalue weighted by molar-refractivity contribution is 7.89. The van der Waals surface area contributed by atoms with Crippen LogP contribution >= 0.6 is 0 Å². The van der Waals surface area contributed by atoms with E-state index in [1.165, 1.54) is 17.1 Å². The Morgan fingerprint density at radius 3 is 3.00 bits per heavy atom. The van der Waals surface area contributed by atoms with Gasteiger partial charge in [0.15, 0.2) is 5.03 Å². The van der Waals surface area contributed by atoms with Gasteiger partial charge in [-0.15, -0.1) is 0 Å². The molecule has 0 unspecified atom stereocenters. The zero-order valence-electron chi connectivity index (χ0n) is 11.6. The van der Waals surface area contributed by atoms with Crippen LogP contribution in [-0.4, -0.2) is 42.1 Å². The first-order valence-corrected chi connectivity index (χ1v) is 8.43. The summed E-state index contributed by atoms with van der Waals surface area (Å²) in [5.74, 6) is 0. The molecule has 0 spiro atoms. The summed E-state index contributed by atoms with van der Waals surface area (Å²) >= 11 is 0. The van der Waals surface area contributed by atoms with Crippen molar-refractivity contribution in [3.8, 4) is 0 Å². The number of H-pyrrole nitrogens is 1. The SMILES string of the molecule is CC1=CCCN(S(=O)(=O)c2[nH]ncc2CNC2CC2)C1. The first-order chi connectivity index (χ1) is 9.57. The zero-order valence-corrected chi connectivity index (χ0v) is 12.4. The van der Waals surface area contributed by atoms with Gasteiger partial charge in [0.25, 0.3) is 10.0 Å². The molecule has 0 radical (unpaired) electrons. The number of nitrogens with one attached hydrogen (secondary N) is 2. The van der Waals surface area contributed by atoms with Crippen molar-refractivity contribution in [2.75, 3.05) is 13.1 Å². The van der Waals surface area contributed by atoms with Gasteiger partial charge in [0.2, 0.25) is 0 Å². The van der Waals surface area contributed by atoms with E-state index < -0.39 is 10.0 Å². The van der Waals surface area contributed by atoms with E-state index in [9.17, 15) is 8.42 Å². The minimum atomic E-state index is -3.48. The van der Waals surface area contributed by atoms with Gasteiger partial charge in [-0.05, 0) is 26.2 Å². The van der Waals surface area contributed by atoms with Crippen molar-refractivity contribution >= 4 is 10.0 Å². The molecule has 1 fully saturated rings. The maximum absolute atomic E-state index is 12.7. The number of rotatable bonds is 5. The van der Waals surface area contributed by atoms with Gasteiger partial charge in [0.05, 0.1) is 6.20 Å². The predicted molar refractivity (Wildman–Crippen MR) is 75.6 cm³/mol. The highest BCUT2D eigenvalue weighted by Crippen LogP contribution is 2.23. The minimum Gasteiger partial charge on any atom is -0.310 e. The molecule has 2 N–H and O–H groups in total. The first-order valence-electron chi connectivity index (χ1n) is 6.99. The molecule has 1 aromatic heterocycles. The van der Waals surface area contributed by atoms with Crippen LogP contribution in [0.4, 0.5) is 0 Å². The Labute approximate surface area is 119 Å². The molecule has 1 aliphatic heterocycles. The Balaban J connectivity index is 1.79. The smallest absolute Gasteiger partial charge is 0.260 e. The largest absolute Gasteiger partial charge is 0.310 e. The Bertz CT molecular complexity index is 616. The summed E-state index contributed by atoms with van der Waals surface area (Å²) < 4.78 is 26.9. The van der Waals surface area contributed by atoms with E-state index in [2.05, 4.69) is 21.6 Å². The molecule has 0 amide bonds. The van der Waals surface area contributed by atoms with E-state index in [0.717, 1.165) is 17.6 Å². The predicted octanol–water partition coefficient (Wildman–Crippen LogP) is 1.00.